The molecule has 2 aromatic heterocycles. The summed E-state index contributed by atoms with van der Waals surface area (Å²) in [5, 5.41) is 11.2. The molecule has 1 aliphatic rings. The van der Waals surface area contributed by atoms with Gasteiger partial charge in [-0.3, -0.25) is 0 Å². The van der Waals surface area contributed by atoms with Crippen LogP contribution in [0.15, 0.2) is 24.5 Å². The van der Waals surface area contributed by atoms with Crippen molar-refractivity contribution in [3.8, 4) is 11.5 Å². The van der Waals surface area contributed by atoms with Gasteiger partial charge in [-0.15, -0.1) is 5.10 Å². The molecule has 3 heterocycles. The summed E-state index contributed by atoms with van der Waals surface area (Å²) in [6.07, 6.45) is 1.47. The molecule has 1 aliphatic heterocycles. The molecule has 1 aromatic carbocycles. The molecule has 0 aliphatic carbocycles. The van der Waals surface area contributed by atoms with Gasteiger partial charge in [-0.2, -0.15) is 0 Å². The highest BCUT2D eigenvalue weighted by Gasteiger charge is 2.15. The summed E-state index contributed by atoms with van der Waals surface area (Å²) < 4.78 is 12.2. The molecule has 0 fully saturated rings. The number of aryl methyl sites for hydroxylation is 1. The van der Waals surface area contributed by atoms with Crippen LogP contribution in [0.3, 0.4) is 0 Å². The van der Waals surface area contributed by atoms with Crippen LogP contribution in [0.4, 0.5) is 11.5 Å². The minimum absolute atomic E-state index is 0.251. The van der Waals surface area contributed by atoms with Gasteiger partial charge in [0.25, 0.3) is 0 Å². The Labute approximate surface area is 113 Å². The van der Waals surface area contributed by atoms with Crippen LogP contribution >= 0.6 is 0 Å². The first-order chi connectivity index (χ1) is 9.81. The van der Waals surface area contributed by atoms with Crippen LogP contribution in [-0.4, -0.2) is 31.8 Å². The van der Waals surface area contributed by atoms with Gasteiger partial charge in [-0.25, -0.2) is 14.6 Å². The standard InChI is InChI=1S/C12H10N6O2/c1-18-12-10(16-17-18)11(13-5-14-12)15-7-2-3-8-9(4-7)20-6-19-8/h2-5H,6H2,1H3,(H,13,14,15). The number of rotatable bonds is 2. The maximum Gasteiger partial charge on any atom is 0.231 e. The molecule has 0 amide bonds. The molecule has 0 saturated heterocycles. The summed E-state index contributed by atoms with van der Waals surface area (Å²) in [6, 6.07) is 5.59. The minimum Gasteiger partial charge on any atom is -0.454 e. The Hall–Kier alpha value is -2.90. The highest BCUT2D eigenvalue weighted by molar-refractivity contribution is 5.84. The van der Waals surface area contributed by atoms with Crippen molar-refractivity contribution in [2.45, 2.75) is 0 Å². The van der Waals surface area contributed by atoms with Crippen molar-refractivity contribution in [2.75, 3.05) is 12.1 Å². The lowest BCUT2D eigenvalue weighted by molar-refractivity contribution is 0.174. The van der Waals surface area contributed by atoms with E-state index in [2.05, 4.69) is 25.6 Å². The fourth-order valence-electron chi connectivity index (χ4n) is 2.06. The van der Waals surface area contributed by atoms with Crippen molar-refractivity contribution >= 4 is 22.7 Å². The Bertz CT molecular complexity index is 800. The molecule has 0 radical (unpaired) electrons. The molecule has 3 aromatic rings. The lowest BCUT2D eigenvalue weighted by atomic mass is 10.2. The molecule has 0 unspecified atom stereocenters. The second-order valence-electron chi connectivity index (χ2n) is 4.30. The number of aromatic nitrogens is 5. The highest BCUT2D eigenvalue weighted by atomic mass is 16.7. The number of anilines is 2. The number of hydrogen-bond donors (Lipinski definition) is 1. The number of nitrogens with one attached hydrogen (secondary N) is 1. The van der Waals surface area contributed by atoms with Gasteiger partial charge in [-0.1, -0.05) is 5.21 Å². The van der Waals surface area contributed by atoms with E-state index in [-0.39, 0.29) is 6.79 Å². The molecule has 100 valence electrons. The minimum atomic E-state index is 0.251. The normalized spacial score (nSPS) is 12.8. The molecule has 0 bridgehead atoms. The van der Waals surface area contributed by atoms with Crippen molar-refractivity contribution in [1.29, 1.82) is 0 Å². The Balaban J connectivity index is 1.74. The van der Waals surface area contributed by atoms with E-state index in [1.807, 2.05) is 18.2 Å². The van der Waals surface area contributed by atoms with Crippen LogP contribution in [0.1, 0.15) is 0 Å². The van der Waals surface area contributed by atoms with Crippen LogP contribution in [0, 0.1) is 0 Å². The Morgan fingerprint density at radius 1 is 1.20 bits per heavy atom. The lowest BCUT2D eigenvalue weighted by Gasteiger charge is -2.06. The van der Waals surface area contributed by atoms with Crippen molar-refractivity contribution in [1.82, 2.24) is 25.0 Å². The third-order valence-electron chi connectivity index (χ3n) is 3.02. The fraction of sp³-hybridized carbons (Fsp3) is 0.167. The number of nitrogens with zero attached hydrogens (tertiary/aromatic N) is 5. The highest BCUT2D eigenvalue weighted by Crippen LogP contribution is 2.35. The first kappa shape index (κ1) is 11.0. The summed E-state index contributed by atoms with van der Waals surface area (Å²) in [5.41, 5.74) is 2.12. The van der Waals surface area contributed by atoms with E-state index >= 15 is 0 Å². The number of ether oxygens (including phenoxy) is 2. The average Bonchev–Trinajstić information content (AvgIpc) is 3.06. The van der Waals surface area contributed by atoms with Crippen LogP contribution in [0.5, 0.6) is 11.5 Å². The van der Waals surface area contributed by atoms with Crippen molar-refractivity contribution in [2.24, 2.45) is 7.05 Å². The summed E-state index contributed by atoms with van der Waals surface area (Å²) in [7, 11) is 1.78. The second kappa shape index (κ2) is 4.05. The number of hydrogen-bond acceptors (Lipinski definition) is 7. The van der Waals surface area contributed by atoms with Gasteiger partial charge in [0, 0.05) is 18.8 Å². The van der Waals surface area contributed by atoms with Crippen LogP contribution in [0.25, 0.3) is 11.2 Å². The van der Waals surface area contributed by atoms with Gasteiger partial charge in [0.1, 0.15) is 6.33 Å². The molecule has 8 heteroatoms. The van der Waals surface area contributed by atoms with Gasteiger partial charge in [0.2, 0.25) is 6.79 Å². The fourth-order valence-corrected chi connectivity index (χ4v) is 2.06. The quantitative estimate of drug-likeness (QED) is 0.749. The lowest BCUT2D eigenvalue weighted by Crippen LogP contribution is -1.97. The largest absolute Gasteiger partial charge is 0.454 e. The molecule has 0 spiro atoms. The summed E-state index contributed by atoms with van der Waals surface area (Å²) in [6.45, 7) is 0.251. The number of benzene rings is 1. The summed E-state index contributed by atoms with van der Waals surface area (Å²) in [5.74, 6) is 2.05. The monoisotopic (exact) mass is 270 g/mol. The van der Waals surface area contributed by atoms with E-state index in [0.717, 1.165) is 11.4 Å². The Kier molecular flexibility index (Phi) is 2.22. The molecule has 8 nitrogen and oxygen atoms in total. The SMILES string of the molecule is Cn1nnc2c(Nc3ccc4c(c3)OCO4)ncnc21. The van der Waals surface area contributed by atoms with E-state index in [0.29, 0.717) is 22.7 Å². The summed E-state index contributed by atoms with van der Waals surface area (Å²) >= 11 is 0. The average molecular weight is 270 g/mol. The van der Waals surface area contributed by atoms with Crippen LogP contribution < -0.4 is 14.8 Å². The van der Waals surface area contributed by atoms with E-state index in [4.69, 9.17) is 9.47 Å². The van der Waals surface area contributed by atoms with Gasteiger partial charge >= 0.3 is 0 Å². The number of fused-ring (bicyclic) bond motifs is 2. The van der Waals surface area contributed by atoms with Crippen molar-refractivity contribution < 1.29 is 9.47 Å². The zero-order valence-corrected chi connectivity index (χ0v) is 10.6. The van der Waals surface area contributed by atoms with Crippen molar-refractivity contribution in [3.63, 3.8) is 0 Å². The van der Waals surface area contributed by atoms with Gasteiger partial charge in [0.15, 0.2) is 28.5 Å². The zero-order valence-electron chi connectivity index (χ0n) is 10.6. The van der Waals surface area contributed by atoms with E-state index in [1.165, 1.54) is 6.33 Å². The molecular formula is C12H10N6O2. The topological polar surface area (TPSA) is 87.0 Å². The maximum absolute atomic E-state index is 5.34. The van der Waals surface area contributed by atoms with Gasteiger partial charge in [-0.05, 0) is 12.1 Å². The molecular weight excluding hydrogens is 260 g/mol. The first-order valence-electron chi connectivity index (χ1n) is 5.98. The molecule has 20 heavy (non-hydrogen) atoms. The van der Waals surface area contributed by atoms with E-state index in [9.17, 15) is 0 Å². The van der Waals surface area contributed by atoms with Gasteiger partial charge < -0.3 is 14.8 Å². The zero-order chi connectivity index (χ0) is 13.5. The van der Waals surface area contributed by atoms with Gasteiger partial charge in [0.05, 0.1) is 0 Å². The molecule has 4 rings (SSSR count). The molecule has 1 N–H and O–H groups in total. The third kappa shape index (κ3) is 1.62. The Morgan fingerprint density at radius 3 is 3.05 bits per heavy atom. The Morgan fingerprint density at radius 2 is 2.10 bits per heavy atom. The van der Waals surface area contributed by atoms with Crippen molar-refractivity contribution in [3.05, 3.63) is 24.5 Å². The smallest absolute Gasteiger partial charge is 0.231 e. The van der Waals surface area contributed by atoms with E-state index < -0.39 is 0 Å². The van der Waals surface area contributed by atoms with Crippen LogP contribution in [0.2, 0.25) is 0 Å². The van der Waals surface area contributed by atoms with Crippen LogP contribution in [-0.2, 0) is 7.05 Å². The molecule has 0 saturated carbocycles. The van der Waals surface area contributed by atoms with E-state index in [1.54, 1.807) is 11.7 Å². The summed E-state index contributed by atoms with van der Waals surface area (Å²) in [4.78, 5) is 8.34. The molecule has 0 atom stereocenters. The maximum atomic E-state index is 5.34. The third-order valence-corrected chi connectivity index (χ3v) is 3.02. The first-order valence-corrected chi connectivity index (χ1v) is 5.98. The predicted molar refractivity (Wildman–Crippen MR) is 69.9 cm³/mol. The second-order valence-corrected chi connectivity index (χ2v) is 4.30. The predicted octanol–water partition coefficient (Wildman–Crippen LogP) is 1.23.